The lowest BCUT2D eigenvalue weighted by molar-refractivity contribution is 0.251. The predicted molar refractivity (Wildman–Crippen MR) is 103 cm³/mol. The Morgan fingerprint density at radius 1 is 0.800 bits per heavy atom. The average molecular weight is 347 g/mol. The summed E-state index contributed by atoms with van der Waals surface area (Å²) in [4.78, 5) is 15.1. The number of hydrogen-bond donors (Lipinski definition) is 0. The van der Waals surface area contributed by atoms with E-state index in [0.717, 1.165) is 22.3 Å². The zero-order valence-electron chi connectivity index (χ0n) is 13.3. The quantitative estimate of drug-likeness (QED) is 0.430. The van der Waals surface area contributed by atoms with Crippen molar-refractivity contribution in [2.45, 2.75) is 0 Å². The summed E-state index contributed by atoms with van der Waals surface area (Å²) in [7, 11) is 0. The Morgan fingerprint density at radius 3 is 2.00 bits per heavy atom. The van der Waals surface area contributed by atoms with Gasteiger partial charge in [0.05, 0.1) is 16.9 Å². The summed E-state index contributed by atoms with van der Waals surface area (Å²) in [6, 6.07) is 26.5. The number of carbonyl (C=O) groups is 1. The number of rotatable bonds is 2. The molecule has 4 aromatic rings. The third kappa shape index (κ3) is 2.90. The first-order valence-electron chi connectivity index (χ1n) is 7.95. The third-order valence-corrected chi connectivity index (χ3v) is 4.31. The minimum absolute atomic E-state index is 0.144. The molecule has 1 aromatic heterocycles. The molecule has 0 aliphatic carbocycles. The number of anilines is 2. The SMILES string of the molecule is O=C(N(c1ccccc1)c1ccccc1)n1ccc2cc(Cl)ccc21. The molecule has 0 unspecified atom stereocenters. The lowest BCUT2D eigenvalue weighted by atomic mass is 10.2. The lowest BCUT2D eigenvalue weighted by Gasteiger charge is -2.23. The minimum atomic E-state index is -0.144. The van der Waals surface area contributed by atoms with Gasteiger partial charge in [-0.1, -0.05) is 48.0 Å². The van der Waals surface area contributed by atoms with Crippen LogP contribution in [0.2, 0.25) is 5.02 Å². The fourth-order valence-corrected chi connectivity index (χ4v) is 3.09. The van der Waals surface area contributed by atoms with Crippen molar-refractivity contribution < 1.29 is 4.79 Å². The molecular formula is C21H15ClN2O. The molecule has 0 spiro atoms. The van der Waals surface area contributed by atoms with Crippen molar-refractivity contribution in [3.8, 4) is 0 Å². The summed E-state index contributed by atoms with van der Waals surface area (Å²) >= 11 is 6.06. The van der Waals surface area contributed by atoms with Gasteiger partial charge < -0.3 is 0 Å². The molecule has 122 valence electrons. The number of aromatic nitrogens is 1. The molecule has 1 heterocycles. The van der Waals surface area contributed by atoms with Crippen LogP contribution in [0.1, 0.15) is 0 Å². The van der Waals surface area contributed by atoms with Crippen LogP contribution in [0.3, 0.4) is 0 Å². The highest BCUT2D eigenvalue weighted by atomic mass is 35.5. The molecule has 1 amide bonds. The number of benzene rings is 3. The van der Waals surface area contributed by atoms with E-state index in [4.69, 9.17) is 11.6 Å². The van der Waals surface area contributed by atoms with E-state index < -0.39 is 0 Å². The molecule has 3 nitrogen and oxygen atoms in total. The molecule has 0 atom stereocenters. The summed E-state index contributed by atoms with van der Waals surface area (Å²) in [5.41, 5.74) is 2.45. The van der Waals surface area contributed by atoms with Gasteiger partial charge in [-0.2, -0.15) is 0 Å². The van der Waals surface area contributed by atoms with Crippen LogP contribution >= 0.6 is 11.6 Å². The predicted octanol–water partition coefficient (Wildman–Crippen LogP) is 6.10. The minimum Gasteiger partial charge on any atom is -0.269 e. The van der Waals surface area contributed by atoms with Gasteiger partial charge in [-0.25, -0.2) is 4.79 Å². The first-order chi connectivity index (χ1) is 12.2. The molecule has 0 radical (unpaired) electrons. The third-order valence-electron chi connectivity index (χ3n) is 4.08. The van der Waals surface area contributed by atoms with Crippen LogP contribution in [0, 0.1) is 0 Å². The fourth-order valence-electron chi connectivity index (χ4n) is 2.91. The van der Waals surface area contributed by atoms with Crippen molar-refractivity contribution in [3.05, 3.63) is 96.1 Å². The van der Waals surface area contributed by atoms with E-state index in [0.29, 0.717) is 5.02 Å². The number of carbonyl (C=O) groups excluding carboxylic acids is 1. The van der Waals surface area contributed by atoms with Crippen LogP contribution in [0.4, 0.5) is 16.2 Å². The number of nitrogens with zero attached hydrogens (tertiary/aromatic N) is 2. The number of para-hydroxylation sites is 2. The smallest absolute Gasteiger partial charge is 0.269 e. The molecular weight excluding hydrogens is 332 g/mol. The molecule has 0 aliphatic heterocycles. The number of halogens is 1. The normalized spacial score (nSPS) is 10.8. The van der Waals surface area contributed by atoms with Gasteiger partial charge in [0.15, 0.2) is 0 Å². The Balaban J connectivity index is 1.85. The number of fused-ring (bicyclic) bond motifs is 1. The second kappa shape index (κ2) is 6.46. The second-order valence-electron chi connectivity index (χ2n) is 5.68. The molecule has 4 rings (SSSR count). The Labute approximate surface area is 150 Å². The molecule has 0 fully saturated rings. The van der Waals surface area contributed by atoms with Crippen LogP contribution in [0.25, 0.3) is 10.9 Å². The van der Waals surface area contributed by atoms with Gasteiger partial charge in [0, 0.05) is 16.6 Å². The molecule has 0 aliphatic rings. The summed E-state index contributed by atoms with van der Waals surface area (Å²) in [6.45, 7) is 0. The van der Waals surface area contributed by atoms with Gasteiger partial charge in [-0.15, -0.1) is 0 Å². The van der Waals surface area contributed by atoms with E-state index in [2.05, 4.69) is 0 Å². The van der Waals surface area contributed by atoms with E-state index in [-0.39, 0.29) is 6.03 Å². The summed E-state index contributed by atoms with van der Waals surface area (Å²) in [5.74, 6) is 0. The van der Waals surface area contributed by atoms with Crippen LogP contribution in [-0.4, -0.2) is 10.6 Å². The Bertz CT molecular complexity index is 986. The molecule has 3 aromatic carbocycles. The summed E-state index contributed by atoms with van der Waals surface area (Å²) in [5, 5.41) is 1.59. The molecule has 25 heavy (non-hydrogen) atoms. The monoisotopic (exact) mass is 346 g/mol. The zero-order valence-corrected chi connectivity index (χ0v) is 14.1. The average Bonchev–Trinajstić information content (AvgIpc) is 3.06. The van der Waals surface area contributed by atoms with Gasteiger partial charge in [0.25, 0.3) is 0 Å². The highest BCUT2D eigenvalue weighted by Crippen LogP contribution is 2.28. The topological polar surface area (TPSA) is 25.2 Å². The first kappa shape index (κ1) is 15.5. The Morgan fingerprint density at radius 2 is 1.40 bits per heavy atom. The van der Waals surface area contributed by atoms with E-state index in [1.807, 2.05) is 78.9 Å². The van der Waals surface area contributed by atoms with Crippen LogP contribution in [-0.2, 0) is 0 Å². The van der Waals surface area contributed by atoms with Gasteiger partial charge in [0.2, 0.25) is 0 Å². The van der Waals surface area contributed by atoms with Gasteiger partial charge in [-0.3, -0.25) is 9.47 Å². The Hall–Kier alpha value is -3.04. The molecule has 0 bridgehead atoms. The zero-order chi connectivity index (χ0) is 17.2. The lowest BCUT2D eigenvalue weighted by Crippen LogP contribution is -2.30. The first-order valence-corrected chi connectivity index (χ1v) is 8.33. The van der Waals surface area contributed by atoms with Crippen molar-refractivity contribution in [1.29, 1.82) is 0 Å². The second-order valence-corrected chi connectivity index (χ2v) is 6.11. The van der Waals surface area contributed by atoms with E-state index in [1.54, 1.807) is 21.7 Å². The number of amides is 1. The highest BCUT2D eigenvalue weighted by Gasteiger charge is 2.20. The Kier molecular flexibility index (Phi) is 4.00. The largest absolute Gasteiger partial charge is 0.337 e. The van der Waals surface area contributed by atoms with Crippen LogP contribution < -0.4 is 4.90 Å². The maximum absolute atomic E-state index is 13.4. The summed E-state index contributed by atoms with van der Waals surface area (Å²) < 4.78 is 1.64. The fraction of sp³-hybridized carbons (Fsp3) is 0. The van der Waals surface area contributed by atoms with Gasteiger partial charge in [-0.05, 0) is 48.5 Å². The van der Waals surface area contributed by atoms with Crippen molar-refractivity contribution >= 4 is 39.9 Å². The molecule has 4 heteroatoms. The number of hydrogen-bond acceptors (Lipinski definition) is 1. The van der Waals surface area contributed by atoms with Crippen molar-refractivity contribution in [2.75, 3.05) is 4.90 Å². The van der Waals surface area contributed by atoms with Gasteiger partial charge >= 0.3 is 6.03 Å². The van der Waals surface area contributed by atoms with Crippen LogP contribution in [0.5, 0.6) is 0 Å². The van der Waals surface area contributed by atoms with Crippen molar-refractivity contribution in [3.63, 3.8) is 0 Å². The molecule has 0 saturated heterocycles. The maximum atomic E-state index is 13.4. The summed E-state index contributed by atoms with van der Waals surface area (Å²) in [6.07, 6.45) is 1.78. The van der Waals surface area contributed by atoms with Crippen LogP contribution in [0.15, 0.2) is 91.1 Å². The maximum Gasteiger partial charge on any atom is 0.337 e. The molecule has 0 saturated carbocycles. The highest BCUT2D eigenvalue weighted by molar-refractivity contribution is 6.31. The van der Waals surface area contributed by atoms with E-state index in [1.165, 1.54) is 0 Å². The van der Waals surface area contributed by atoms with Gasteiger partial charge in [0.1, 0.15) is 0 Å². The molecule has 0 N–H and O–H groups in total. The standard InChI is InChI=1S/C21H15ClN2O/c22-17-11-12-20-16(15-17)13-14-23(20)21(25)24(18-7-3-1-4-8-18)19-9-5-2-6-10-19/h1-15H. The van der Waals surface area contributed by atoms with Crippen molar-refractivity contribution in [2.24, 2.45) is 0 Å². The van der Waals surface area contributed by atoms with E-state index in [9.17, 15) is 4.79 Å². The van der Waals surface area contributed by atoms with Crippen molar-refractivity contribution in [1.82, 2.24) is 4.57 Å². The van der Waals surface area contributed by atoms with E-state index >= 15 is 0 Å².